The number of amides is 3. The number of hydrogen-bond acceptors (Lipinski definition) is 6. The van der Waals surface area contributed by atoms with E-state index in [0.29, 0.717) is 0 Å². The number of nitrogens with one attached hydrogen (secondary N) is 2. The molecule has 0 heterocycles. The van der Waals surface area contributed by atoms with E-state index in [1.165, 1.54) is 33.3 Å². The first-order valence-electron chi connectivity index (χ1n) is 7.43. The number of esters is 1. The molecular formula is C16H21ClN2O6. The fraction of sp³-hybridized carbons (Fsp3) is 0.438. The Morgan fingerprint density at radius 3 is 2.24 bits per heavy atom. The maximum absolute atomic E-state index is 12.2. The van der Waals surface area contributed by atoms with E-state index in [2.05, 4.69) is 10.6 Å². The summed E-state index contributed by atoms with van der Waals surface area (Å²) in [6.07, 6.45) is -1.18. The van der Waals surface area contributed by atoms with Crippen molar-refractivity contribution in [1.29, 1.82) is 0 Å². The van der Waals surface area contributed by atoms with E-state index in [4.69, 9.17) is 25.8 Å². The van der Waals surface area contributed by atoms with Crippen LogP contribution in [0.3, 0.4) is 0 Å². The first-order valence-corrected chi connectivity index (χ1v) is 7.81. The van der Waals surface area contributed by atoms with Gasteiger partial charge in [-0.15, -0.1) is 0 Å². The van der Waals surface area contributed by atoms with Gasteiger partial charge >= 0.3 is 12.0 Å². The lowest BCUT2D eigenvalue weighted by atomic mass is 10.2. The molecule has 25 heavy (non-hydrogen) atoms. The van der Waals surface area contributed by atoms with Crippen molar-refractivity contribution in [3.8, 4) is 11.5 Å². The van der Waals surface area contributed by atoms with Crippen LogP contribution in [0.4, 0.5) is 4.79 Å². The fourth-order valence-corrected chi connectivity index (χ4v) is 2.12. The Morgan fingerprint density at radius 2 is 1.72 bits per heavy atom. The zero-order chi connectivity index (χ0) is 19.1. The normalized spacial score (nSPS) is 11.5. The highest BCUT2D eigenvalue weighted by atomic mass is 35.5. The molecule has 9 heteroatoms. The molecule has 0 aliphatic rings. The highest BCUT2D eigenvalue weighted by Gasteiger charge is 2.23. The molecule has 0 bridgehead atoms. The molecule has 1 aromatic rings. The number of carbonyl (C=O) groups excluding carboxylic acids is 3. The average molecular weight is 373 g/mol. The molecule has 1 unspecified atom stereocenters. The molecule has 0 saturated carbocycles. The van der Waals surface area contributed by atoms with Crippen LogP contribution >= 0.6 is 11.6 Å². The number of urea groups is 1. The van der Waals surface area contributed by atoms with Crippen LogP contribution in [-0.2, 0) is 9.53 Å². The first-order chi connectivity index (χ1) is 11.7. The van der Waals surface area contributed by atoms with E-state index in [1.807, 2.05) is 0 Å². The van der Waals surface area contributed by atoms with Gasteiger partial charge < -0.3 is 19.5 Å². The van der Waals surface area contributed by atoms with Crippen LogP contribution in [0.25, 0.3) is 0 Å². The van der Waals surface area contributed by atoms with Crippen LogP contribution in [-0.4, -0.2) is 44.3 Å². The Morgan fingerprint density at radius 1 is 1.08 bits per heavy atom. The maximum Gasteiger partial charge on any atom is 0.339 e. The van der Waals surface area contributed by atoms with Crippen LogP contribution in [0.1, 0.15) is 31.1 Å². The predicted octanol–water partition coefficient (Wildman–Crippen LogP) is 2.14. The SMILES string of the molecule is COc1cc(C(=O)OC(C)C(=O)NC(=O)NC(C)C)cc(Cl)c1OC. The second-order valence-electron chi connectivity index (χ2n) is 5.36. The molecule has 0 spiro atoms. The molecule has 3 amide bonds. The smallest absolute Gasteiger partial charge is 0.339 e. The summed E-state index contributed by atoms with van der Waals surface area (Å²) in [4.78, 5) is 35.5. The molecule has 8 nitrogen and oxygen atoms in total. The Labute approximate surface area is 150 Å². The topological polar surface area (TPSA) is 103 Å². The third-order valence-corrected chi connectivity index (χ3v) is 3.26. The number of rotatable bonds is 6. The number of imide groups is 1. The van der Waals surface area contributed by atoms with Crippen molar-refractivity contribution < 1.29 is 28.6 Å². The van der Waals surface area contributed by atoms with Gasteiger partial charge in [0.15, 0.2) is 17.6 Å². The standard InChI is InChI=1S/C16H21ClN2O6/c1-8(2)18-16(22)19-14(20)9(3)25-15(21)10-6-11(17)13(24-5)12(7-10)23-4/h6-9H,1-5H3,(H2,18,19,20,22). The van der Waals surface area contributed by atoms with Gasteiger partial charge in [0.1, 0.15) is 0 Å². The van der Waals surface area contributed by atoms with Gasteiger partial charge in [0.25, 0.3) is 5.91 Å². The lowest BCUT2D eigenvalue weighted by Crippen LogP contribution is -2.46. The van der Waals surface area contributed by atoms with E-state index < -0.39 is 24.0 Å². The van der Waals surface area contributed by atoms with E-state index in [0.717, 1.165) is 0 Å². The molecule has 2 N–H and O–H groups in total. The fourth-order valence-electron chi connectivity index (χ4n) is 1.83. The highest BCUT2D eigenvalue weighted by molar-refractivity contribution is 6.32. The first kappa shape index (κ1) is 20.6. The summed E-state index contributed by atoms with van der Waals surface area (Å²) >= 11 is 6.03. The minimum absolute atomic E-state index is 0.0777. The highest BCUT2D eigenvalue weighted by Crippen LogP contribution is 2.36. The van der Waals surface area contributed by atoms with Crippen molar-refractivity contribution in [2.75, 3.05) is 14.2 Å². The monoisotopic (exact) mass is 372 g/mol. The minimum atomic E-state index is -1.18. The predicted molar refractivity (Wildman–Crippen MR) is 91.2 cm³/mol. The molecule has 0 saturated heterocycles. The summed E-state index contributed by atoms with van der Waals surface area (Å²) in [5, 5.41) is 4.73. The molecule has 0 fully saturated rings. The Bertz CT molecular complexity index is 662. The second-order valence-corrected chi connectivity index (χ2v) is 5.77. The second kappa shape index (κ2) is 9.12. The minimum Gasteiger partial charge on any atom is -0.493 e. The Balaban J connectivity index is 2.80. The van der Waals surface area contributed by atoms with Gasteiger partial charge in [0.05, 0.1) is 24.8 Å². The Kier molecular flexibility index (Phi) is 7.50. The zero-order valence-electron chi connectivity index (χ0n) is 14.6. The van der Waals surface area contributed by atoms with E-state index in [9.17, 15) is 14.4 Å². The van der Waals surface area contributed by atoms with E-state index >= 15 is 0 Å². The molecule has 0 aromatic heterocycles. The summed E-state index contributed by atoms with van der Waals surface area (Å²) in [5.41, 5.74) is 0.0777. The molecule has 0 radical (unpaired) electrons. The van der Waals surface area contributed by atoms with Crippen molar-refractivity contribution in [2.45, 2.75) is 32.9 Å². The van der Waals surface area contributed by atoms with E-state index in [1.54, 1.807) is 13.8 Å². The number of methoxy groups -OCH3 is 2. The number of carbonyl (C=O) groups is 3. The molecule has 1 rings (SSSR count). The zero-order valence-corrected chi connectivity index (χ0v) is 15.4. The summed E-state index contributed by atoms with van der Waals surface area (Å²) in [6, 6.07) is 1.90. The van der Waals surface area contributed by atoms with Crippen LogP contribution in [0.5, 0.6) is 11.5 Å². The lowest BCUT2D eigenvalue weighted by Gasteiger charge is -2.15. The number of halogens is 1. The molecule has 1 atom stereocenters. The number of benzene rings is 1. The third kappa shape index (κ3) is 5.82. The van der Waals surface area contributed by atoms with Crippen molar-refractivity contribution in [1.82, 2.24) is 10.6 Å². The van der Waals surface area contributed by atoms with Crippen LogP contribution in [0, 0.1) is 0 Å². The van der Waals surface area contributed by atoms with Gasteiger partial charge in [-0.2, -0.15) is 0 Å². The number of hydrogen-bond donors (Lipinski definition) is 2. The molecular weight excluding hydrogens is 352 g/mol. The molecule has 0 aliphatic carbocycles. The summed E-state index contributed by atoms with van der Waals surface area (Å²) in [6.45, 7) is 4.83. The largest absolute Gasteiger partial charge is 0.493 e. The molecule has 0 aliphatic heterocycles. The summed E-state index contributed by atoms with van der Waals surface area (Å²) < 4.78 is 15.2. The van der Waals surface area contributed by atoms with Crippen molar-refractivity contribution in [3.05, 3.63) is 22.7 Å². The lowest BCUT2D eigenvalue weighted by molar-refractivity contribution is -0.127. The summed E-state index contributed by atoms with van der Waals surface area (Å²) in [7, 11) is 2.81. The van der Waals surface area contributed by atoms with Crippen molar-refractivity contribution in [2.24, 2.45) is 0 Å². The number of ether oxygens (including phenoxy) is 3. The van der Waals surface area contributed by atoms with Crippen LogP contribution in [0.15, 0.2) is 12.1 Å². The van der Waals surface area contributed by atoms with Crippen LogP contribution in [0.2, 0.25) is 5.02 Å². The van der Waals surface area contributed by atoms with Crippen LogP contribution < -0.4 is 20.1 Å². The van der Waals surface area contributed by atoms with Gasteiger partial charge in [0, 0.05) is 6.04 Å². The van der Waals surface area contributed by atoms with E-state index in [-0.39, 0.29) is 28.1 Å². The quantitative estimate of drug-likeness (QED) is 0.741. The van der Waals surface area contributed by atoms with Crippen molar-refractivity contribution in [3.63, 3.8) is 0 Å². The van der Waals surface area contributed by atoms with Gasteiger partial charge in [-0.05, 0) is 32.9 Å². The van der Waals surface area contributed by atoms with Gasteiger partial charge in [-0.1, -0.05) is 11.6 Å². The van der Waals surface area contributed by atoms with Crippen molar-refractivity contribution >= 4 is 29.5 Å². The van der Waals surface area contributed by atoms with Gasteiger partial charge in [-0.25, -0.2) is 9.59 Å². The Hall–Kier alpha value is -2.48. The maximum atomic E-state index is 12.2. The third-order valence-electron chi connectivity index (χ3n) is 2.98. The van der Waals surface area contributed by atoms with Gasteiger partial charge in [0.2, 0.25) is 0 Å². The average Bonchev–Trinajstić information content (AvgIpc) is 2.52. The molecule has 1 aromatic carbocycles. The van der Waals surface area contributed by atoms with Gasteiger partial charge in [-0.3, -0.25) is 10.1 Å². The summed E-state index contributed by atoms with van der Waals surface area (Å²) in [5.74, 6) is -1.03. The molecule has 138 valence electrons.